The molecule has 1 atom stereocenters. The van der Waals surface area contributed by atoms with Gasteiger partial charge < -0.3 is 9.80 Å². The van der Waals surface area contributed by atoms with Crippen LogP contribution < -0.4 is 0 Å². The highest BCUT2D eigenvalue weighted by Gasteiger charge is 2.36. The first-order chi connectivity index (χ1) is 12.8. The number of rotatable bonds is 4. The molecule has 0 aromatic heterocycles. The van der Waals surface area contributed by atoms with E-state index in [2.05, 4.69) is 0 Å². The van der Waals surface area contributed by atoms with Crippen LogP contribution in [0, 0.1) is 11.7 Å². The molecule has 2 heterocycles. The minimum atomic E-state index is -3.04. The fourth-order valence-corrected chi connectivity index (χ4v) is 5.62. The molecule has 3 rings (SSSR count). The lowest BCUT2D eigenvalue weighted by atomic mass is 9.94. The minimum absolute atomic E-state index is 0.0190. The summed E-state index contributed by atoms with van der Waals surface area (Å²) in [5.74, 6) is -0.590. The number of benzene rings is 1. The summed E-state index contributed by atoms with van der Waals surface area (Å²) in [6.07, 6.45) is 1.60. The van der Waals surface area contributed by atoms with Crippen molar-refractivity contribution in [1.29, 1.82) is 0 Å². The highest BCUT2D eigenvalue weighted by molar-refractivity contribution is 7.91. The summed E-state index contributed by atoms with van der Waals surface area (Å²) < 4.78 is 37.0. The first-order valence-corrected chi connectivity index (χ1v) is 11.1. The summed E-state index contributed by atoms with van der Waals surface area (Å²) in [4.78, 5) is 28.3. The van der Waals surface area contributed by atoms with Gasteiger partial charge in [-0.25, -0.2) is 12.8 Å². The van der Waals surface area contributed by atoms with Gasteiger partial charge in [-0.05, 0) is 30.9 Å². The van der Waals surface area contributed by atoms with Crippen molar-refractivity contribution < 1.29 is 22.4 Å². The molecular formula is C19H25FN2O4S. The summed E-state index contributed by atoms with van der Waals surface area (Å²) in [6, 6.07) is 5.99. The van der Waals surface area contributed by atoms with Crippen LogP contribution in [0.1, 0.15) is 24.8 Å². The Labute approximate surface area is 159 Å². The van der Waals surface area contributed by atoms with E-state index >= 15 is 0 Å². The smallest absolute Gasteiger partial charge is 0.227 e. The lowest BCUT2D eigenvalue weighted by molar-refractivity contribution is -0.140. The Hall–Kier alpha value is -1.96. The number of hydrogen-bond acceptors (Lipinski definition) is 4. The number of nitrogens with zero attached hydrogens (tertiary/aromatic N) is 2. The monoisotopic (exact) mass is 396 g/mol. The molecule has 0 saturated carbocycles. The first kappa shape index (κ1) is 19.8. The molecule has 1 aromatic carbocycles. The van der Waals surface area contributed by atoms with Crippen molar-refractivity contribution >= 4 is 21.7 Å². The predicted octanol–water partition coefficient (Wildman–Crippen LogP) is 1.25. The summed E-state index contributed by atoms with van der Waals surface area (Å²) in [5, 5.41) is 0. The second-order valence-corrected chi connectivity index (χ2v) is 9.66. The molecule has 2 amide bonds. The van der Waals surface area contributed by atoms with Gasteiger partial charge in [0.2, 0.25) is 11.8 Å². The molecule has 2 saturated heterocycles. The summed E-state index contributed by atoms with van der Waals surface area (Å²) in [7, 11) is -1.37. The molecule has 148 valence electrons. The lowest BCUT2D eigenvalue weighted by Gasteiger charge is -2.34. The van der Waals surface area contributed by atoms with E-state index in [-0.39, 0.29) is 47.5 Å². The van der Waals surface area contributed by atoms with Gasteiger partial charge in [0.1, 0.15) is 5.82 Å². The number of piperidine rings is 1. The fraction of sp³-hybridized carbons (Fsp3) is 0.579. The Morgan fingerprint density at radius 1 is 1.19 bits per heavy atom. The van der Waals surface area contributed by atoms with Crippen LogP contribution in [0.2, 0.25) is 0 Å². The molecule has 2 fully saturated rings. The maximum atomic E-state index is 13.7. The molecule has 0 bridgehead atoms. The Bertz CT molecular complexity index is 819. The average Bonchev–Trinajstić information content (AvgIpc) is 3.02. The number of sulfone groups is 1. The third-order valence-corrected chi connectivity index (χ3v) is 7.35. The van der Waals surface area contributed by atoms with Crippen LogP contribution in [0.5, 0.6) is 0 Å². The van der Waals surface area contributed by atoms with E-state index in [4.69, 9.17) is 0 Å². The van der Waals surface area contributed by atoms with E-state index in [1.165, 1.54) is 6.07 Å². The molecule has 8 heteroatoms. The van der Waals surface area contributed by atoms with Gasteiger partial charge in [-0.2, -0.15) is 0 Å². The van der Waals surface area contributed by atoms with Crippen molar-refractivity contribution in [3.63, 3.8) is 0 Å². The van der Waals surface area contributed by atoms with Gasteiger partial charge in [-0.15, -0.1) is 0 Å². The fourth-order valence-electron chi connectivity index (χ4n) is 3.84. The van der Waals surface area contributed by atoms with Crippen LogP contribution in [0.15, 0.2) is 24.3 Å². The van der Waals surface area contributed by atoms with Crippen LogP contribution in [-0.2, 0) is 25.8 Å². The molecule has 0 aliphatic carbocycles. The van der Waals surface area contributed by atoms with E-state index in [1.54, 1.807) is 35.0 Å². The highest BCUT2D eigenvalue weighted by atomic mass is 32.2. The minimum Gasteiger partial charge on any atom is -0.342 e. The van der Waals surface area contributed by atoms with Crippen molar-refractivity contribution in [2.75, 3.05) is 31.6 Å². The van der Waals surface area contributed by atoms with E-state index in [0.29, 0.717) is 37.9 Å². The van der Waals surface area contributed by atoms with Gasteiger partial charge >= 0.3 is 0 Å². The van der Waals surface area contributed by atoms with Crippen LogP contribution in [0.25, 0.3) is 0 Å². The third kappa shape index (κ3) is 4.66. The molecule has 0 spiro atoms. The zero-order chi connectivity index (χ0) is 19.6. The summed E-state index contributed by atoms with van der Waals surface area (Å²) in [5.41, 5.74) is 0.378. The second-order valence-electron chi connectivity index (χ2n) is 7.43. The highest BCUT2D eigenvalue weighted by Crippen LogP contribution is 2.24. The third-order valence-electron chi connectivity index (χ3n) is 5.60. The van der Waals surface area contributed by atoms with Crippen LogP contribution in [-0.4, -0.2) is 67.7 Å². The molecule has 1 aromatic rings. The van der Waals surface area contributed by atoms with Crippen molar-refractivity contribution in [2.45, 2.75) is 31.7 Å². The second kappa shape index (κ2) is 7.96. The maximum absolute atomic E-state index is 13.7. The molecule has 0 N–H and O–H groups in total. The van der Waals surface area contributed by atoms with Crippen LogP contribution >= 0.6 is 0 Å². The molecule has 2 aliphatic heterocycles. The number of hydrogen-bond donors (Lipinski definition) is 0. The topological polar surface area (TPSA) is 74.8 Å². The first-order valence-electron chi connectivity index (χ1n) is 9.25. The standard InChI is InChI=1S/C19H25FN2O4S/c1-21(16-8-11-27(25,26)13-16)19(24)14-6-9-22(10-7-14)18(23)12-15-4-2-3-5-17(15)20/h2-5,14,16H,6-13H2,1H3. The number of halogens is 1. The zero-order valence-corrected chi connectivity index (χ0v) is 16.3. The van der Waals surface area contributed by atoms with Crippen molar-refractivity contribution in [3.05, 3.63) is 35.6 Å². The molecule has 2 aliphatic rings. The Morgan fingerprint density at radius 2 is 1.85 bits per heavy atom. The molecular weight excluding hydrogens is 371 g/mol. The Kier molecular flexibility index (Phi) is 5.83. The zero-order valence-electron chi connectivity index (χ0n) is 15.4. The van der Waals surface area contributed by atoms with E-state index in [1.807, 2.05) is 0 Å². The summed E-state index contributed by atoms with van der Waals surface area (Å²) in [6.45, 7) is 0.918. The van der Waals surface area contributed by atoms with Crippen molar-refractivity contribution in [2.24, 2.45) is 5.92 Å². The normalized spacial score (nSPS) is 22.6. The van der Waals surface area contributed by atoms with Crippen LogP contribution in [0.4, 0.5) is 4.39 Å². The molecule has 0 radical (unpaired) electrons. The van der Waals surface area contributed by atoms with Gasteiger partial charge in [0.05, 0.1) is 17.9 Å². The van der Waals surface area contributed by atoms with Gasteiger partial charge in [-0.1, -0.05) is 18.2 Å². The number of carbonyl (C=O) groups excluding carboxylic acids is 2. The quantitative estimate of drug-likeness (QED) is 0.768. The van der Waals surface area contributed by atoms with Gasteiger partial charge in [0.15, 0.2) is 9.84 Å². The van der Waals surface area contributed by atoms with Gasteiger partial charge in [0, 0.05) is 32.1 Å². The number of amides is 2. The molecule has 1 unspecified atom stereocenters. The van der Waals surface area contributed by atoms with E-state index in [9.17, 15) is 22.4 Å². The van der Waals surface area contributed by atoms with Crippen LogP contribution in [0.3, 0.4) is 0 Å². The number of likely N-dealkylation sites (tertiary alicyclic amines) is 1. The lowest BCUT2D eigenvalue weighted by Crippen LogP contribution is -2.46. The Morgan fingerprint density at radius 3 is 2.44 bits per heavy atom. The van der Waals surface area contributed by atoms with Gasteiger partial charge in [0.25, 0.3) is 0 Å². The molecule has 27 heavy (non-hydrogen) atoms. The van der Waals surface area contributed by atoms with E-state index < -0.39 is 9.84 Å². The summed E-state index contributed by atoms with van der Waals surface area (Å²) >= 11 is 0. The predicted molar refractivity (Wildman–Crippen MR) is 99.2 cm³/mol. The van der Waals surface area contributed by atoms with Crippen molar-refractivity contribution in [1.82, 2.24) is 9.80 Å². The van der Waals surface area contributed by atoms with Crippen molar-refractivity contribution in [3.8, 4) is 0 Å². The van der Waals surface area contributed by atoms with E-state index in [0.717, 1.165) is 0 Å². The Balaban J connectivity index is 1.51. The average molecular weight is 396 g/mol. The van der Waals surface area contributed by atoms with Gasteiger partial charge in [-0.3, -0.25) is 9.59 Å². The maximum Gasteiger partial charge on any atom is 0.227 e. The largest absolute Gasteiger partial charge is 0.342 e. The SMILES string of the molecule is CN(C(=O)C1CCN(C(=O)Cc2ccccc2F)CC1)C1CCS(=O)(=O)C1. The number of carbonyl (C=O) groups is 2. The molecule has 6 nitrogen and oxygen atoms in total.